The molecule has 1 fully saturated rings. The second kappa shape index (κ2) is 8.28. The van der Waals surface area contributed by atoms with Crippen molar-refractivity contribution in [2.24, 2.45) is 0 Å². The summed E-state index contributed by atoms with van der Waals surface area (Å²) in [6, 6.07) is 14.9. The number of aliphatic carboxylic acids is 1. The average molecular weight is 408 g/mol. The van der Waals surface area contributed by atoms with E-state index >= 15 is 0 Å². The van der Waals surface area contributed by atoms with Crippen LogP contribution in [0.3, 0.4) is 0 Å². The number of aliphatic hydroxyl groups excluding tert-OH is 1. The Labute approximate surface area is 174 Å². The molecule has 30 heavy (non-hydrogen) atoms. The first kappa shape index (κ1) is 20.1. The number of carbonyl (C=O) groups excluding carboxylic acids is 2. The molecule has 0 saturated carbocycles. The largest absolute Gasteiger partial charge is 0.479 e. The summed E-state index contributed by atoms with van der Waals surface area (Å²) in [5.41, 5.74) is 4.25. The van der Waals surface area contributed by atoms with E-state index in [2.05, 4.69) is 5.32 Å². The highest BCUT2D eigenvalue weighted by Crippen LogP contribution is 2.43. The number of nitrogens with one attached hydrogen (secondary N) is 1. The van der Waals surface area contributed by atoms with Crippen LogP contribution < -0.4 is 5.32 Å². The van der Waals surface area contributed by atoms with Gasteiger partial charge in [-0.05, 0) is 35.1 Å². The van der Waals surface area contributed by atoms with Gasteiger partial charge in [0.15, 0.2) is 6.10 Å². The molecule has 1 aliphatic carbocycles. The Hall–Kier alpha value is -3.19. The normalized spacial score (nSPS) is 18.6. The zero-order chi connectivity index (χ0) is 21.3. The lowest BCUT2D eigenvalue weighted by molar-refractivity contribution is -0.152. The third-order valence-corrected chi connectivity index (χ3v) is 5.94. The van der Waals surface area contributed by atoms with Gasteiger partial charge in [0.05, 0.1) is 12.1 Å². The van der Waals surface area contributed by atoms with Gasteiger partial charge >= 0.3 is 5.97 Å². The second-order valence-corrected chi connectivity index (χ2v) is 7.75. The van der Waals surface area contributed by atoms with Crippen LogP contribution in [0.5, 0.6) is 0 Å². The standard InChI is InChI=1S/C23H24N2O5/c26-19(11-12-20(27)25-13-5-10-18(25)22(28)23(29)30)24-21-16-8-3-1-6-14(16)15-7-2-4-9-17(15)21/h1-4,6-9,18,21-22,28H,5,10-13H2,(H,24,26)(H,29,30)/t18-,22?/m0/s1. The molecule has 2 aromatic carbocycles. The predicted octanol–water partition coefficient (Wildman–Crippen LogP) is 2.09. The van der Waals surface area contributed by atoms with E-state index in [1.54, 1.807) is 0 Å². The van der Waals surface area contributed by atoms with Crippen LogP contribution in [0.2, 0.25) is 0 Å². The Morgan fingerprint density at radius 1 is 1.00 bits per heavy atom. The Morgan fingerprint density at radius 3 is 2.20 bits per heavy atom. The van der Waals surface area contributed by atoms with Gasteiger partial charge < -0.3 is 20.4 Å². The van der Waals surface area contributed by atoms with Gasteiger partial charge in [-0.3, -0.25) is 9.59 Å². The summed E-state index contributed by atoms with van der Waals surface area (Å²) in [4.78, 5) is 37.7. The number of benzene rings is 2. The summed E-state index contributed by atoms with van der Waals surface area (Å²) in [6.07, 6.45) is -0.530. The van der Waals surface area contributed by atoms with E-state index in [1.165, 1.54) is 4.90 Å². The molecule has 1 saturated heterocycles. The second-order valence-electron chi connectivity index (χ2n) is 7.75. The van der Waals surface area contributed by atoms with E-state index < -0.39 is 18.1 Å². The molecule has 2 aromatic rings. The van der Waals surface area contributed by atoms with E-state index in [9.17, 15) is 19.5 Å². The number of aliphatic hydroxyl groups is 1. The van der Waals surface area contributed by atoms with Crippen molar-refractivity contribution in [1.29, 1.82) is 0 Å². The summed E-state index contributed by atoms with van der Waals surface area (Å²) in [5.74, 6) is -1.88. The number of amides is 2. The number of nitrogens with zero attached hydrogens (tertiary/aromatic N) is 1. The smallest absolute Gasteiger partial charge is 0.334 e. The van der Waals surface area contributed by atoms with Crippen molar-refractivity contribution in [3.63, 3.8) is 0 Å². The minimum absolute atomic E-state index is 0.00601. The highest BCUT2D eigenvalue weighted by Gasteiger charge is 2.37. The molecule has 7 heteroatoms. The topological polar surface area (TPSA) is 107 Å². The fraction of sp³-hybridized carbons (Fsp3) is 0.348. The lowest BCUT2D eigenvalue weighted by atomic mass is 10.0. The van der Waals surface area contributed by atoms with E-state index in [4.69, 9.17) is 5.11 Å². The Morgan fingerprint density at radius 2 is 1.60 bits per heavy atom. The zero-order valence-corrected chi connectivity index (χ0v) is 16.5. The zero-order valence-electron chi connectivity index (χ0n) is 16.5. The number of rotatable bonds is 6. The molecule has 2 aliphatic rings. The maximum atomic E-state index is 12.6. The molecule has 156 valence electrons. The number of carboxylic acids is 1. The van der Waals surface area contributed by atoms with Gasteiger partial charge in [0.2, 0.25) is 11.8 Å². The van der Waals surface area contributed by atoms with Gasteiger partial charge in [-0.1, -0.05) is 48.5 Å². The first-order valence-corrected chi connectivity index (χ1v) is 10.2. The summed E-state index contributed by atoms with van der Waals surface area (Å²) in [5, 5.41) is 21.9. The molecule has 7 nitrogen and oxygen atoms in total. The number of fused-ring (bicyclic) bond motifs is 3. The Balaban J connectivity index is 1.40. The molecule has 1 heterocycles. The highest BCUT2D eigenvalue weighted by atomic mass is 16.4. The molecule has 1 aliphatic heterocycles. The summed E-state index contributed by atoms with van der Waals surface area (Å²) in [6.45, 7) is 0.402. The number of carbonyl (C=O) groups is 3. The first-order valence-electron chi connectivity index (χ1n) is 10.2. The molecular formula is C23H24N2O5. The molecule has 0 radical (unpaired) electrons. The summed E-state index contributed by atoms with van der Waals surface area (Å²) >= 11 is 0. The Bertz CT molecular complexity index is 944. The molecule has 3 N–H and O–H groups in total. The molecule has 4 rings (SSSR count). The molecule has 2 amide bonds. The van der Waals surface area contributed by atoms with E-state index in [0.29, 0.717) is 19.4 Å². The van der Waals surface area contributed by atoms with Crippen LogP contribution in [0.15, 0.2) is 48.5 Å². The van der Waals surface area contributed by atoms with Crippen molar-refractivity contribution in [2.45, 2.75) is 43.9 Å². The van der Waals surface area contributed by atoms with Crippen molar-refractivity contribution in [3.05, 3.63) is 59.7 Å². The summed E-state index contributed by atoms with van der Waals surface area (Å²) < 4.78 is 0. The van der Waals surface area contributed by atoms with E-state index in [-0.39, 0.29) is 30.7 Å². The van der Waals surface area contributed by atoms with Gasteiger partial charge in [-0.25, -0.2) is 4.79 Å². The molecule has 2 atom stereocenters. The maximum Gasteiger partial charge on any atom is 0.334 e. The van der Waals surface area contributed by atoms with Crippen LogP contribution in [0.25, 0.3) is 11.1 Å². The van der Waals surface area contributed by atoms with Gasteiger partial charge in [-0.15, -0.1) is 0 Å². The van der Waals surface area contributed by atoms with Crippen molar-refractivity contribution in [1.82, 2.24) is 10.2 Å². The number of carboxylic acid groups (broad SMARTS) is 1. The van der Waals surface area contributed by atoms with Gasteiger partial charge in [0.25, 0.3) is 0 Å². The maximum absolute atomic E-state index is 12.6. The van der Waals surface area contributed by atoms with Crippen LogP contribution in [-0.2, 0) is 14.4 Å². The van der Waals surface area contributed by atoms with Crippen LogP contribution >= 0.6 is 0 Å². The minimum Gasteiger partial charge on any atom is -0.479 e. The van der Waals surface area contributed by atoms with Crippen LogP contribution in [0, 0.1) is 0 Å². The van der Waals surface area contributed by atoms with Gasteiger partial charge in [0.1, 0.15) is 0 Å². The molecule has 0 aromatic heterocycles. The third kappa shape index (κ3) is 3.68. The third-order valence-electron chi connectivity index (χ3n) is 5.94. The Kier molecular flexibility index (Phi) is 5.55. The molecule has 0 bridgehead atoms. The van der Waals surface area contributed by atoms with Crippen molar-refractivity contribution < 1.29 is 24.6 Å². The van der Waals surface area contributed by atoms with Crippen molar-refractivity contribution >= 4 is 17.8 Å². The van der Waals surface area contributed by atoms with Crippen LogP contribution in [0.1, 0.15) is 42.9 Å². The lowest BCUT2D eigenvalue weighted by Gasteiger charge is -2.26. The number of hydrogen-bond acceptors (Lipinski definition) is 4. The van der Waals surface area contributed by atoms with Crippen molar-refractivity contribution in [3.8, 4) is 11.1 Å². The average Bonchev–Trinajstić information content (AvgIpc) is 3.36. The van der Waals surface area contributed by atoms with Crippen LogP contribution in [-0.4, -0.2) is 51.6 Å². The van der Waals surface area contributed by atoms with E-state index in [0.717, 1.165) is 22.3 Å². The van der Waals surface area contributed by atoms with Gasteiger partial charge in [0, 0.05) is 19.4 Å². The molecule has 0 spiro atoms. The first-order chi connectivity index (χ1) is 14.5. The molecule has 1 unspecified atom stereocenters. The lowest BCUT2D eigenvalue weighted by Crippen LogP contribution is -2.46. The van der Waals surface area contributed by atoms with Crippen LogP contribution in [0.4, 0.5) is 0 Å². The SMILES string of the molecule is O=C(CCC(=O)N1CCC[C@H]1C(O)C(=O)O)NC1c2ccccc2-c2ccccc21. The number of hydrogen-bond donors (Lipinski definition) is 3. The fourth-order valence-corrected chi connectivity index (χ4v) is 4.50. The predicted molar refractivity (Wildman–Crippen MR) is 109 cm³/mol. The minimum atomic E-state index is -1.60. The van der Waals surface area contributed by atoms with Crippen molar-refractivity contribution in [2.75, 3.05) is 6.54 Å². The van der Waals surface area contributed by atoms with Gasteiger partial charge in [-0.2, -0.15) is 0 Å². The number of likely N-dealkylation sites (tertiary alicyclic amines) is 1. The highest BCUT2D eigenvalue weighted by molar-refractivity contribution is 5.87. The fourth-order valence-electron chi connectivity index (χ4n) is 4.50. The monoisotopic (exact) mass is 408 g/mol. The quantitative estimate of drug-likeness (QED) is 0.679. The molecular weight excluding hydrogens is 384 g/mol. The van der Waals surface area contributed by atoms with E-state index in [1.807, 2.05) is 48.5 Å². The summed E-state index contributed by atoms with van der Waals surface area (Å²) in [7, 11) is 0.